The zero-order valence-electron chi connectivity index (χ0n) is 6.70. The van der Waals surface area contributed by atoms with E-state index in [4.69, 9.17) is 5.73 Å². The van der Waals surface area contributed by atoms with Crippen LogP contribution < -0.4 is 5.73 Å². The summed E-state index contributed by atoms with van der Waals surface area (Å²) >= 11 is 0. The van der Waals surface area contributed by atoms with Gasteiger partial charge in [-0.2, -0.15) is 0 Å². The number of hydrogen-bond acceptors (Lipinski definition) is 3. The molecule has 0 saturated carbocycles. The number of carbonyl (C=O) groups excluding carboxylic acids is 1. The van der Waals surface area contributed by atoms with E-state index in [-0.39, 0.29) is 12.2 Å². The molecule has 0 aliphatic rings. The Morgan fingerprint density at radius 3 is 2.18 bits per heavy atom. The summed E-state index contributed by atoms with van der Waals surface area (Å²) in [7, 11) is -3.09. The zero-order valence-corrected chi connectivity index (χ0v) is 7.52. The summed E-state index contributed by atoms with van der Waals surface area (Å²) in [5.74, 6) is -0.714. The van der Waals surface area contributed by atoms with Crippen LogP contribution in [-0.4, -0.2) is 25.3 Å². The molecule has 4 nitrogen and oxygen atoms in total. The van der Waals surface area contributed by atoms with Crippen molar-refractivity contribution in [1.29, 1.82) is 0 Å². The van der Waals surface area contributed by atoms with Crippen molar-refractivity contribution in [3.05, 3.63) is 0 Å². The first kappa shape index (κ1) is 10.4. The Kier molecular flexibility index (Phi) is 3.51. The molecular weight excluding hydrogens is 166 g/mol. The lowest BCUT2D eigenvalue weighted by molar-refractivity contribution is -0.117. The molecule has 0 heterocycles. The second-order valence-corrected chi connectivity index (χ2v) is 5.31. The first-order valence-electron chi connectivity index (χ1n) is 3.36. The minimum atomic E-state index is -3.09. The van der Waals surface area contributed by atoms with Gasteiger partial charge in [-0.3, -0.25) is 4.79 Å². The van der Waals surface area contributed by atoms with E-state index < -0.39 is 21.0 Å². The largest absolute Gasteiger partial charge is 0.370 e. The highest BCUT2D eigenvalue weighted by Crippen LogP contribution is 2.01. The van der Waals surface area contributed by atoms with Gasteiger partial charge in [-0.25, -0.2) is 8.42 Å². The molecule has 66 valence electrons. The smallest absolute Gasteiger partial charge is 0.218 e. The standard InChI is InChI=1S/C6H13NO3S/c1-5(2)11(9,10)4-3-6(7)8/h5H,3-4H2,1-2H3,(H2,7,8). The van der Waals surface area contributed by atoms with E-state index >= 15 is 0 Å². The van der Waals surface area contributed by atoms with Crippen molar-refractivity contribution in [3.8, 4) is 0 Å². The molecule has 0 bridgehead atoms. The van der Waals surface area contributed by atoms with Gasteiger partial charge in [0.15, 0.2) is 9.84 Å². The monoisotopic (exact) mass is 179 g/mol. The van der Waals surface area contributed by atoms with Crippen molar-refractivity contribution >= 4 is 15.7 Å². The van der Waals surface area contributed by atoms with Crippen LogP contribution in [0.4, 0.5) is 0 Å². The van der Waals surface area contributed by atoms with E-state index in [2.05, 4.69) is 0 Å². The van der Waals surface area contributed by atoms with Crippen LogP contribution in [0.5, 0.6) is 0 Å². The molecule has 0 saturated heterocycles. The predicted molar refractivity (Wildman–Crippen MR) is 42.7 cm³/mol. The van der Waals surface area contributed by atoms with Crippen molar-refractivity contribution in [2.24, 2.45) is 5.73 Å². The molecule has 0 aromatic heterocycles. The molecule has 0 atom stereocenters. The molecule has 5 heteroatoms. The summed E-state index contributed by atoms with van der Waals surface area (Å²) in [5.41, 5.74) is 4.80. The van der Waals surface area contributed by atoms with Gasteiger partial charge >= 0.3 is 0 Å². The van der Waals surface area contributed by atoms with Gasteiger partial charge in [0, 0.05) is 6.42 Å². The van der Waals surface area contributed by atoms with Crippen molar-refractivity contribution < 1.29 is 13.2 Å². The lowest BCUT2D eigenvalue weighted by Crippen LogP contribution is -2.22. The third-order valence-electron chi connectivity index (χ3n) is 1.35. The maximum absolute atomic E-state index is 11.0. The van der Waals surface area contributed by atoms with Crippen molar-refractivity contribution in [3.63, 3.8) is 0 Å². The van der Waals surface area contributed by atoms with Crippen LogP contribution in [-0.2, 0) is 14.6 Å². The number of nitrogens with two attached hydrogens (primary N) is 1. The number of carbonyl (C=O) groups is 1. The van der Waals surface area contributed by atoms with E-state index in [1.54, 1.807) is 13.8 Å². The average Bonchev–Trinajstić information content (AvgIpc) is 1.84. The average molecular weight is 179 g/mol. The van der Waals surface area contributed by atoms with Crippen LogP contribution in [0.3, 0.4) is 0 Å². The van der Waals surface area contributed by atoms with Gasteiger partial charge in [0.2, 0.25) is 5.91 Å². The first-order chi connectivity index (χ1) is 4.86. The Balaban J connectivity index is 4.05. The van der Waals surface area contributed by atoms with Gasteiger partial charge in [-0.05, 0) is 13.8 Å². The van der Waals surface area contributed by atoms with Gasteiger partial charge in [-0.15, -0.1) is 0 Å². The third kappa shape index (κ3) is 3.98. The Labute approximate surface area is 66.7 Å². The van der Waals surface area contributed by atoms with Crippen molar-refractivity contribution in [2.75, 3.05) is 5.75 Å². The fourth-order valence-corrected chi connectivity index (χ4v) is 1.44. The predicted octanol–water partition coefficient (Wildman–Crippen LogP) is -0.315. The molecule has 1 amide bonds. The molecular formula is C6H13NO3S. The molecule has 0 aliphatic heterocycles. The number of sulfone groups is 1. The molecule has 0 rings (SSSR count). The molecule has 0 fully saturated rings. The fraction of sp³-hybridized carbons (Fsp3) is 0.833. The summed E-state index contributed by atoms with van der Waals surface area (Å²) in [6, 6.07) is 0. The minimum absolute atomic E-state index is 0.0828. The van der Waals surface area contributed by atoms with Gasteiger partial charge in [0.25, 0.3) is 0 Å². The molecule has 0 spiro atoms. The lowest BCUT2D eigenvalue weighted by Gasteiger charge is -2.04. The maximum Gasteiger partial charge on any atom is 0.218 e. The number of rotatable bonds is 4. The Hall–Kier alpha value is -0.580. The summed E-state index contributed by atoms with van der Waals surface area (Å²) < 4.78 is 22.1. The quantitative estimate of drug-likeness (QED) is 0.642. The first-order valence-corrected chi connectivity index (χ1v) is 5.07. The Morgan fingerprint density at radius 2 is 1.91 bits per heavy atom. The van der Waals surface area contributed by atoms with Gasteiger partial charge in [0.05, 0.1) is 11.0 Å². The lowest BCUT2D eigenvalue weighted by atomic mass is 10.5. The van der Waals surface area contributed by atoms with E-state index in [9.17, 15) is 13.2 Å². The van der Waals surface area contributed by atoms with Gasteiger partial charge < -0.3 is 5.73 Å². The van der Waals surface area contributed by atoms with E-state index in [0.29, 0.717) is 0 Å². The van der Waals surface area contributed by atoms with E-state index in [1.807, 2.05) is 0 Å². The highest BCUT2D eigenvalue weighted by molar-refractivity contribution is 7.91. The fourth-order valence-electron chi connectivity index (χ4n) is 0.479. The summed E-state index contributed by atoms with van der Waals surface area (Å²) in [6.07, 6.45) is -0.0828. The molecule has 11 heavy (non-hydrogen) atoms. The second-order valence-electron chi connectivity index (χ2n) is 2.63. The highest BCUT2D eigenvalue weighted by atomic mass is 32.2. The molecule has 0 aromatic carbocycles. The molecule has 0 aliphatic carbocycles. The zero-order chi connectivity index (χ0) is 9.07. The maximum atomic E-state index is 11.0. The van der Waals surface area contributed by atoms with Gasteiger partial charge in [0.1, 0.15) is 0 Å². The van der Waals surface area contributed by atoms with Gasteiger partial charge in [-0.1, -0.05) is 0 Å². The number of amides is 1. The summed E-state index contributed by atoms with van der Waals surface area (Å²) in [5, 5.41) is -0.429. The topological polar surface area (TPSA) is 77.2 Å². The molecule has 0 aromatic rings. The van der Waals surface area contributed by atoms with Crippen LogP contribution in [0.1, 0.15) is 20.3 Å². The van der Waals surface area contributed by atoms with E-state index in [1.165, 1.54) is 0 Å². The normalized spacial score (nSPS) is 11.9. The van der Waals surface area contributed by atoms with Crippen LogP contribution in [0.25, 0.3) is 0 Å². The summed E-state index contributed by atoms with van der Waals surface area (Å²) in [4.78, 5) is 10.2. The highest BCUT2D eigenvalue weighted by Gasteiger charge is 2.16. The Morgan fingerprint density at radius 1 is 1.45 bits per heavy atom. The van der Waals surface area contributed by atoms with Crippen LogP contribution in [0, 0.1) is 0 Å². The Bertz CT molecular complexity index is 230. The third-order valence-corrected chi connectivity index (χ3v) is 3.56. The van der Waals surface area contributed by atoms with Crippen molar-refractivity contribution in [1.82, 2.24) is 0 Å². The molecule has 2 N–H and O–H groups in total. The minimum Gasteiger partial charge on any atom is -0.370 e. The van der Waals surface area contributed by atoms with Crippen LogP contribution in [0.15, 0.2) is 0 Å². The second kappa shape index (κ2) is 3.71. The van der Waals surface area contributed by atoms with E-state index in [0.717, 1.165) is 0 Å². The SMILES string of the molecule is CC(C)S(=O)(=O)CCC(N)=O. The van der Waals surface area contributed by atoms with Crippen molar-refractivity contribution in [2.45, 2.75) is 25.5 Å². The van der Waals surface area contributed by atoms with Crippen LogP contribution >= 0.6 is 0 Å². The summed E-state index contributed by atoms with van der Waals surface area (Å²) in [6.45, 7) is 3.16. The number of hydrogen-bond donors (Lipinski definition) is 1. The van der Waals surface area contributed by atoms with Crippen LogP contribution in [0.2, 0.25) is 0 Å². The molecule has 0 unspecified atom stereocenters. The molecule has 0 radical (unpaired) electrons. The number of primary amides is 1.